The Hall–Kier alpha value is -3.08. The summed E-state index contributed by atoms with van der Waals surface area (Å²) in [6.07, 6.45) is 4.84. The molecule has 0 spiro atoms. The van der Waals surface area contributed by atoms with Crippen LogP contribution in [0.3, 0.4) is 0 Å². The standard InChI is InChI=1S/C16H12N4O/c17-16(21)14-13(11-5-2-1-3-6-11)10-19-20-15(14)12-7-4-8-18-9-12/h1-10H,(H2,17,21). The van der Waals surface area contributed by atoms with Crippen LogP contribution in [0.5, 0.6) is 0 Å². The van der Waals surface area contributed by atoms with Crippen molar-refractivity contribution >= 4 is 5.91 Å². The molecule has 0 bridgehead atoms. The minimum absolute atomic E-state index is 0.351. The molecule has 2 heterocycles. The number of primary amides is 1. The summed E-state index contributed by atoms with van der Waals surface area (Å²) in [5.74, 6) is -0.539. The molecule has 1 aromatic carbocycles. The van der Waals surface area contributed by atoms with E-state index in [4.69, 9.17) is 5.73 Å². The largest absolute Gasteiger partial charge is 0.366 e. The first-order valence-electron chi connectivity index (χ1n) is 6.38. The molecule has 0 saturated heterocycles. The van der Waals surface area contributed by atoms with Gasteiger partial charge in [-0.2, -0.15) is 5.10 Å². The highest BCUT2D eigenvalue weighted by Gasteiger charge is 2.18. The number of nitrogens with two attached hydrogens (primary N) is 1. The van der Waals surface area contributed by atoms with E-state index in [1.54, 1.807) is 24.7 Å². The van der Waals surface area contributed by atoms with E-state index in [9.17, 15) is 4.79 Å². The minimum atomic E-state index is -0.539. The minimum Gasteiger partial charge on any atom is -0.366 e. The fourth-order valence-electron chi connectivity index (χ4n) is 2.18. The fraction of sp³-hybridized carbons (Fsp3) is 0. The number of carbonyl (C=O) groups excluding carboxylic acids is 1. The molecule has 5 nitrogen and oxygen atoms in total. The van der Waals surface area contributed by atoms with Crippen LogP contribution < -0.4 is 5.73 Å². The van der Waals surface area contributed by atoms with Crippen LogP contribution in [-0.4, -0.2) is 21.1 Å². The SMILES string of the molecule is NC(=O)c1c(-c2ccccc2)cnnc1-c1cccnc1. The summed E-state index contributed by atoms with van der Waals surface area (Å²) in [6, 6.07) is 13.1. The Bertz CT molecular complexity index is 715. The number of aromatic nitrogens is 3. The molecule has 1 amide bonds. The van der Waals surface area contributed by atoms with Crippen molar-refractivity contribution in [3.63, 3.8) is 0 Å². The van der Waals surface area contributed by atoms with E-state index >= 15 is 0 Å². The summed E-state index contributed by atoms with van der Waals surface area (Å²) in [5, 5.41) is 8.06. The molecule has 0 radical (unpaired) electrons. The van der Waals surface area contributed by atoms with E-state index in [1.165, 1.54) is 0 Å². The van der Waals surface area contributed by atoms with Crippen LogP contribution in [0.4, 0.5) is 0 Å². The van der Waals surface area contributed by atoms with Gasteiger partial charge in [0, 0.05) is 23.5 Å². The van der Waals surface area contributed by atoms with Gasteiger partial charge in [0.25, 0.3) is 5.91 Å². The molecule has 3 aromatic rings. The third kappa shape index (κ3) is 2.49. The average Bonchev–Trinajstić information content (AvgIpc) is 2.55. The number of nitrogens with zero attached hydrogens (tertiary/aromatic N) is 3. The Labute approximate surface area is 121 Å². The molecule has 2 aromatic heterocycles. The molecule has 0 aliphatic rings. The van der Waals surface area contributed by atoms with Crippen molar-refractivity contribution in [2.75, 3.05) is 0 Å². The number of rotatable bonds is 3. The lowest BCUT2D eigenvalue weighted by atomic mass is 9.98. The summed E-state index contributed by atoms with van der Waals surface area (Å²) in [5.41, 5.74) is 8.59. The summed E-state index contributed by atoms with van der Waals surface area (Å²) in [7, 11) is 0. The number of pyridine rings is 1. The highest BCUT2D eigenvalue weighted by atomic mass is 16.1. The van der Waals surface area contributed by atoms with Crippen molar-refractivity contribution < 1.29 is 4.79 Å². The van der Waals surface area contributed by atoms with Gasteiger partial charge in [-0.3, -0.25) is 9.78 Å². The van der Waals surface area contributed by atoms with Gasteiger partial charge in [-0.25, -0.2) is 0 Å². The summed E-state index contributed by atoms with van der Waals surface area (Å²) >= 11 is 0. The second-order valence-corrected chi connectivity index (χ2v) is 4.45. The summed E-state index contributed by atoms with van der Waals surface area (Å²) < 4.78 is 0. The third-order valence-corrected chi connectivity index (χ3v) is 3.12. The fourth-order valence-corrected chi connectivity index (χ4v) is 2.18. The van der Waals surface area contributed by atoms with Gasteiger partial charge >= 0.3 is 0 Å². The molecular weight excluding hydrogens is 264 g/mol. The first-order chi connectivity index (χ1) is 10.3. The van der Waals surface area contributed by atoms with Crippen LogP contribution in [0, 0.1) is 0 Å². The highest BCUT2D eigenvalue weighted by Crippen LogP contribution is 2.29. The smallest absolute Gasteiger partial charge is 0.251 e. The Balaban J connectivity index is 2.26. The summed E-state index contributed by atoms with van der Waals surface area (Å²) in [4.78, 5) is 16.0. The van der Waals surface area contributed by atoms with E-state index in [1.807, 2.05) is 36.4 Å². The first-order valence-corrected chi connectivity index (χ1v) is 6.38. The van der Waals surface area contributed by atoms with E-state index in [0.29, 0.717) is 22.4 Å². The zero-order valence-electron chi connectivity index (χ0n) is 11.1. The molecule has 0 fully saturated rings. The predicted octanol–water partition coefficient (Wildman–Crippen LogP) is 2.30. The predicted molar refractivity (Wildman–Crippen MR) is 79.2 cm³/mol. The lowest BCUT2D eigenvalue weighted by Crippen LogP contribution is -2.15. The topological polar surface area (TPSA) is 81.8 Å². The lowest BCUT2D eigenvalue weighted by molar-refractivity contribution is 0.100. The van der Waals surface area contributed by atoms with Gasteiger partial charge in [-0.1, -0.05) is 30.3 Å². The number of amides is 1. The van der Waals surface area contributed by atoms with E-state index < -0.39 is 5.91 Å². The molecule has 0 aliphatic heterocycles. The average molecular weight is 276 g/mol. The van der Waals surface area contributed by atoms with Crippen molar-refractivity contribution in [3.8, 4) is 22.4 Å². The van der Waals surface area contributed by atoms with Gasteiger partial charge < -0.3 is 5.73 Å². The molecule has 21 heavy (non-hydrogen) atoms. The molecule has 2 N–H and O–H groups in total. The van der Waals surface area contributed by atoms with Crippen molar-refractivity contribution in [2.24, 2.45) is 5.73 Å². The Kier molecular flexibility index (Phi) is 3.39. The van der Waals surface area contributed by atoms with Crippen molar-refractivity contribution in [2.45, 2.75) is 0 Å². The number of hydrogen-bond acceptors (Lipinski definition) is 4. The van der Waals surface area contributed by atoms with Crippen LogP contribution in [0.15, 0.2) is 61.1 Å². The van der Waals surface area contributed by atoms with Crippen LogP contribution >= 0.6 is 0 Å². The third-order valence-electron chi connectivity index (χ3n) is 3.12. The second-order valence-electron chi connectivity index (χ2n) is 4.45. The van der Waals surface area contributed by atoms with Crippen molar-refractivity contribution in [1.29, 1.82) is 0 Å². The number of carbonyl (C=O) groups is 1. The molecule has 5 heteroatoms. The molecule has 3 rings (SSSR count). The maximum atomic E-state index is 11.9. The van der Waals surface area contributed by atoms with Gasteiger partial charge in [-0.15, -0.1) is 5.10 Å². The zero-order chi connectivity index (χ0) is 14.7. The van der Waals surface area contributed by atoms with Gasteiger partial charge in [0.2, 0.25) is 0 Å². The maximum absolute atomic E-state index is 11.9. The van der Waals surface area contributed by atoms with Crippen LogP contribution in [0.1, 0.15) is 10.4 Å². The van der Waals surface area contributed by atoms with Crippen LogP contribution in [-0.2, 0) is 0 Å². The van der Waals surface area contributed by atoms with E-state index in [2.05, 4.69) is 15.2 Å². The lowest BCUT2D eigenvalue weighted by Gasteiger charge is -2.10. The molecule has 0 saturated carbocycles. The molecule has 0 unspecified atom stereocenters. The Morgan fingerprint density at radius 2 is 1.71 bits per heavy atom. The first kappa shape index (κ1) is 12.9. The normalized spacial score (nSPS) is 10.3. The maximum Gasteiger partial charge on any atom is 0.251 e. The monoisotopic (exact) mass is 276 g/mol. The van der Waals surface area contributed by atoms with Crippen LogP contribution in [0.25, 0.3) is 22.4 Å². The van der Waals surface area contributed by atoms with Gasteiger partial charge in [0.1, 0.15) is 5.69 Å². The molecule has 102 valence electrons. The Morgan fingerprint density at radius 3 is 2.38 bits per heavy atom. The zero-order valence-corrected chi connectivity index (χ0v) is 11.1. The second kappa shape index (κ2) is 5.50. The Morgan fingerprint density at radius 1 is 0.952 bits per heavy atom. The van der Waals surface area contributed by atoms with Crippen molar-refractivity contribution in [1.82, 2.24) is 15.2 Å². The van der Waals surface area contributed by atoms with Gasteiger partial charge in [-0.05, 0) is 17.7 Å². The summed E-state index contributed by atoms with van der Waals surface area (Å²) in [6.45, 7) is 0. The van der Waals surface area contributed by atoms with Crippen LogP contribution in [0.2, 0.25) is 0 Å². The van der Waals surface area contributed by atoms with E-state index in [-0.39, 0.29) is 0 Å². The van der Waals surface area contributed by atoms with E-state index in [0.717, 1.165) is 5.56 Å². The quantitative estimate of drug-likeness (QED) is 0.795. The van der Waals surface area contributed by atoms with Crippen molar-refractivity contribution in [3.05, 3.63) is 66.6 Å². The highest BCUT2D eigenvalue weighted by molar-refractivity contribution is 6.04. The number of benzene rings is 1. The molecule has 0 atom stereocenters. The molecular formula is C16H12N4O. The number of hydrogen-bond donors (Lipinski definition) is 1. The molecule has 0 aliphatic carbocycles. The van der Waals surface area contributed by atoms with Gasteiger partial charge in [0.15, 0.2) is 0 Å². The van der Waals surface area contributed by atoms with Gasteiger partial charge in [0.05, 0.1) is 11.8 Å².